The van der Waals surface area contributed by atoms with Crippen LogP contribution in [0, 0.1) is 46.3 Å². The molecular formula is C44H74N4O8. The molecule has 12 nitrogen and oxygen atoms in total. The molecule has 3 saturated carbocycles. The molecule has 318 valence electrons. The number of ketones is 1. The van der Waals surface area contributed by atoms with Crippen molar-refractivity contribution in [1.29, 1.82) is 0 Å². The first-order chi connectivity index (χ1) is 26.5. The quantitative estimate of drug-likeness (QED) is 0.103. The van der Waals surface area contributed by atoms with Crippen LogP contribution in [0.25, 0.3) is 0 Å². The van der Waals surface area contributed by atoms with Crippen LogP contribution in [0.3, 0.4) is 0 Å². The van der Waals surface area contributed by atoms with E-state index in [4.69, 9.17) is 10.5 Å². The zero-order valence-corrected chi connectivity index (χ0v) is 34.8. The summed E-state index contributed by atoms with van der Waals surface area (Å²) in [5.41, 5.74) is 2.98. The maximum atomic E-state index is 15.1. The first-order valence-electron chi connectivity index (χ1n) is 21.8. The molecule has 16 atom stereocenters. The molecule has 0 radical (unpaired) electrons. The third-order valence-corrected chi connectivity index (χ3v) is 15.8. The molecular weight excluding hydrogens is 713 g/mol. The largest absolute Gasteiger partial charge is 0.392 e. The fraction of sp³-hybridized carbons (Fsp3) is 0.841. The number of unbranched alkanes of at least 4 members (excludes halogenated alkanes) is 3. The second kappa shape index (κ2) is 17.0. The van der Waals surface area contributed by atoms with E-state index in [1.165, 1.54) is 19.3 Å². The van der Waals surface area contributed by atoms with Crippen molar-refractivity contribution >= 4 is 5.78 Å². The smallest absolute Gasteiger partial charge is 0.182 e. The molecule has 2 heterocycles. The number of hydrogen-bond donors (Lipinski definition) is 10. The van der Waals surface area contributed by atoms with Crippen LogP contribution in [0.4, 0.5) is 0 Å². The number of carbonyl (C=O) groups is 1. The average molecular weight is 787 g/mol. The Morgan fingerprint density at radius 3 is 2.55 bits per heavy atom. The van der Waals surface area contributed by atoms with Gasteiger partial charge in [0.2, 0.25) is 0 Å². The summed E-state index contributed by atoms with van der Waals surface area (Å²) in [6.07, 6.45) is 9.11. The van der Waals surface area contributed by atoms with Gasteiger partial charge in [-0.25, -0.2) is 0 Å². The lowest BCUT2D eigenvalue weighted by Crippen LogP contribution is -2.68. The SMILES string of the molecule is CCCCCC[C@@H]1CO[C@@H]([C@@H](O)[C@](C)(O)[C@H]2CC[C@@]3(O)C4=C(NC[C@H](C)O)C(=O)[C@@H]5C[C@@H](O)[C@@H](O)C[C@]5(CCC5=CNC(N)C=C5)[C@H]4[C@@H](CNC)C[C@]23C)[C@H]1C. The predicted molar refractivity (Wildman–Crippen MR) is 216 cm³/mol. The van der Waals surface area contributed by atoms with E-state index in [0.717, 1.165) is 18.4 Å². The van der Waals surface area contributed by atoms with Gasteiger partial charge in [-0.15, -0.1) is 0 Å². The first kappa shape index (κ1) is 43.7. The fourth-order valence-corrected chi connectivity index (χ4v) is 12.8. The van der Waals surface area contributed by atoms with Gasteiger partial charge in [-0.2, -0.15) is 0 Å². The fourth-order valence-electron chi connectivity index (χ4n) is 12.8. The van der Waals surface area contributed by atoms with Gasteiger partial charge in [-0.1, -0.05) is 52.5 Å². The molecule has 0 aromatic rings. The zero-order chi connectivity index (χ0) is 40.8. The van der Waals surface area contributed by atoms with Crippen molar-refractivity contribution in [2.45, 2.75) is 160 Å². The molecule has 2 aliphatic heterocycles. The predicted octanol–water partition coefficient (Wildman–Crippen LogP) is 2.76. The Morgan fingerprint density at radius 1 is 1.14 bits per heavy atom. The molecule has 6 aliphatic rings. The lowest BCUT2D eigenvalue weighted by molar-refractivity contribution is -0.204. The zero-order valence-electron chi connectivity index (χ0n) is 34.8. The summed E-state index contributed by atoms with van der Waals surface area (Å²) in [5, 5.41) is 81.4. The Hall–Kier alpha value is -1.87. The number of nitrogens with two attached hydrogens (primary N) is 1. The molecule has 6 rings (SSSR count). The number of fused-ring (bicyclic) bond motifs is 5. The van der Waals surface area contributed by atoms with Crippen LogP contribution in [0.2, 0.25) is 0 Å². The Balaban J connectivity index is 1.42. The van der Waals surface area contributed by atoms with Gasteiger partial charge < -0.3 is 57.1 Å². The number of rotatable bonds is 16. The number of dihydropyridines is 1. The highest BCUT2D eigenvalue weighted by molar-refractivity contribution is 6.00. The van der Waals surface area contributed by atoms with Gasteiger partial charge in [0.25, 0.3) is 0 Å². The number of ether oxygens (including phenoxy) is 1. The molecule has 56 heavy (non-hydrogen) atoms. The van der Waals surface area contributed by atoms with Crippen LogP contribution in [-0.2, 0) is 9.53 Å². The van der Waals surface area contributed by atoms with Crippen molar-refractivity contribution in [1.82, 2.24) is 16.0 Å². The van der Waals surface area contributed by atoms with Gasteiger partial charge >= 0.3 is 0 Å². The number of Topliss-reactive ketones (excluding diaryl/α,β-unsaturated/α-hetero) is 1. The number of hydrogen-bond acceptors (Lipinski definition) is 12. The Kier molecular flexibility index (Phi) is 13.3. The van der Waals surface area contributed by atoms with E-state index in [-0.39, 0.29) is 55.5 Å². The van der Waals surface area contributed by atoms with E-state index in [1.807, 2.05) is 32.3 Å². The summed E-state index contributed by atoms with van der Waals surface area (Å²) in [4.78, 5) is 15.1. The minimum Gasteiger partial charge on any atom is -0.392 e. The summed E-state index contributed by atoms with van der Waals surface area (Å²) in [5.74, 6) is -1.57. The van der Waals surface area contributed by atoms with Crippen LogP contribution >= 0.6 is 0 Å². The molecule has 0 bridgehead atoms. The number of aliphatic hydroxyl groups excluding tert-OH is 4. The lowest BCUT2D eigenvalue weighted by Gasteiger charge is -2.65. The molecule has 0 spiro atoms. The highest BCUT2D eigenvalue weighted by atomic mass is 16.5. The summed E-state index contributed by atoms with van der Waals surface area (Å²) in [6.45, 7) is 10.9. The topological polar surface area (TPSA) is 210 Å². The van der Waals surface area contributed by atoms with Crippen LogP contribution in [0.15, 0.2) is 35.2 Å². The second-order valence-electron chi connectivity index (χ2n) is 19.3. The van der Waals surface area contributed by atoms with Gasteiger partial charge in [0.05, 0.1) is 54.1 Å². The highest BCUT2D eigenvalue weighted by Crippen LogP contribution is 2.71. The number of nitrogens with one attached hydrogen (secondary N) is 3. The number of allylic oxidation sites excluding steroid dienone is 3. The van der Waals surface area contributed by atoms with E-state index < -0.39 is 64.4 Å². The molecule has 12 heteroatoms. The number of aliphatic hydroxyl groups is 6. The molecule has 0 aromatic carbocycles. The summed E-state index contributed by atoms with van der Waals surface area (Å²) < 4.78 is 6.31. The van der Waals surface area contributed by atoms with Gasteiger partial charge in [-0.05, 0) is 131 Å². The molecule has 4 fully saturated rings. The molecule has 0 aromatic heterocycles. The van der Waals surface area contributed by atoms with E-state index in [9.17, 15) is 30.6 Å². The summed E-state index contributed by atoms with van der Waals surface area (Å²) >= 11 is 0. The number of carbonyl (C=O) groups excluding carboxylic acids is 1. The van der Waals surface area contributed by atoms with Crippen LogP contribution in [-0.4, -0.2) is 111 Å². The van der Waals surface area contributed by atoms with Crippen molar-refractivity contribution in [3.05, 3.63) is 35.2 Å². The van der Waals surface area contributed by atoms with Gasteiger partial charge in [0.15, 0.2) is 5.78 Å². The van der Waals surface area contributed by atoms with Crippen LogP contribution in [0.1, 0.15) is 112 Å². The summed E-state index contributed by atoms with van der Waals surface area (Å²) in [6, 6.07) is 0. The van der Waals surface area contributed by atoms with Crippen LogP contribution < -0.4 is 21.7 Å². The normalized spacial score (nSPS) is 42.9. The van der Waals surface area contributed by atoms with E-state index in [2.05, 4.69) is 29.8 Å². The van der Waals surface area contributed by atoms with Gasteiger partial charge in [-0.3, -0.25) is 4.79 Å². The third-order valence-electron chi connectivity index (χ3n) is 15.8. The van der Waals surface area contributed by atoms with Crippen molar-refractivity contribution < 1.29 is 40.2 Å². The van der Waals surface area contributed by atoms with E-state index in [0.29, 0.717) is 56.0 Å². The Labute approximate surface area is 334 Å². The van der Waals surface area contributed by atoms with Crippen molar-refractivity contribution in [2.75, 3.05) is 26.7 Å². The minimum atomic E-state index is -1.63. The molecule has 4 aliphatic carbocycles. The van der Waals surface area contributed by atoms with E-state index >= 15 is 4.79 Å². The summed E-state index contributed by atoms with van der Waals surface area (Å²) in [7, 11) is 1.90. The maximum absolute atomic E-state index is 15.1. The van der Waals surface area contributed by atoms with Gasteiger partial charge in [0, 0.05) is 24.1 Å². The van der Waals surface area contributed by atoms with Crippen molar-refractivity contribution in [3.63, 3.8) is 0 Å². The standard InChI is InChI=1S/C44H74N4O8/c1-7-8-9-10-11-28-24-56-39(26(28)3)40(53)42(5,54)33-15-17-44(55)36-35(29(23-46-6)19-41(33,44)4)43(16-14-27-12-13-34(45)47-22-27)20-32(51)31(50)18-30(43)38(52)37(36)48-21-25(2)49/h12-13,22,25-26,28-35,39-40,46-51,53-55H,7-11,14-21,23-24,45H2,1-6H3/t25-,26-,28+,29+,30-,31+,32-,33-,34?,35-,39+,40+,41+,42+,43-,44+/m0/s1. The first-order valence-corrected chi connectivity index (χ1v) is 21.8. The Bertz CT molecular complexity index is 1500. The lowest BCUT2D eigenvalue weighted by atomic mass is 9.41. The van der Waals surface area contributed by atoms with Crippen LogP contribution in [0.5, 0.6) is 0 Å². The second-order valence-corrected chi connectivity index (χ2v) is 19.3. The van der Waals surface area contributed by atoms with E-state index in [1.54, 1.807) is 13.8 Å². The average Bonchev–Trinajstić information content (AvgIpc) is 3.65. The monoisotopic (exact) mass is 787 g/mol. The Morgan fingerprint density at radius 2 is 1.89 bits per heavy atom. The third kappa shape index (κ3) is 7.58. The molecule has 11 N–H and O–H groups in total. The maximum Gasteiger partial charge on any atom is 0.182 e. The van der Waals surface area contributed by atoms with Crippen molar-refractivity contribution in [3.8, 4) is 0 Å². The highest BCUT2D eigenvalue weighted by Gasteiger charge is 2.73. The molecule has 0 amide bonds. The molecule has 1 unspecified atom stereocenters. The molecule has 1 saturated heterocycles. The van der Waals surface area contributed by atoms with Gasteiger partial charge in [0.1, 0.15) is 6.10 Å². The minimum absolute atomic E-state index is 0.0545. The van der Waals surface area contributed by atoms with Crippen molar-refractivity contribution in [2.24, 2.45) is 52.1 Å².